The maximum atomic E-state index is 14.4. The number of imidazole rings is 1. The number of nitrogens with zero attached hydrogens (tertiary/aromatic N) is 4. The first-order valence-electron chi connectivity index (χ1n) is 9.27. The number of carbonyl (C=O) groups is 1. The van der Waals surface area contributed by atoms with E-state index in [1.807, 2.05) is 12.3 Å². The van der Waals surface area contributed by atoms with Gasteiger partial charge in [0.25, 0.3) is 0 Å². The maximum absolute atomic E-state index is 14.4. The van der Waals surface area contributed by atoms with Crippen LogP contribution in [0.2, 0.25) is 0 Å². The molecule has 1 aliphatic heterocycles. The number of thioether (sulfide) groups is 1. The Labute approximate surface area is 170 Å². The Morgan fingerprint density at radius 2 is 2.17 bits per heavy atom. The van der Waals surface area contributed by atoms with E-state index in [0.29, 0.717) is 17.0 Å². The molecule has 2 atom stereocenters. The monoisotopic (exact) mass is 418 g/mol. The smallest absolute Gasteiger partial charge is 0.358 e. The third kappa shape index (κ3) is 3.78. The Bertz CT molecular complexity index is 1060. The fourth-order valence-electron chi connectivity index (χ4n) is 3.61. The van der Waals surface area contributed by atoms with E-state index in [1.54, 1.807) is 24.0 Å². The van der Waals surface area contributed by atoms with Crippen molar-refractivity contribution in [3.8, 4) is 0 Å². The number of halogens is 2. The fraction of sp³-hybridized carbons (Fsp3) is 0.350. The van der Waals surface area contributed by atoms with Crippen molar-refractivity contribution < 1.29 is 18.3 Å². The number of hydrogen-bond acceptors (Lipinski definition) is 6. The first-order valence-corrected chi connectivity index (χ1v) is 10.5. The van der Waals surface area contributed by atoms with E-state index in [9.17, 15) is 13.6 Å². The van der Waals surface area contributed by atoms with E-state index >= 15 is 0 Å². The standard InChI is InChI=1S/C20H20F2N4O2S/c1-3-28-20(27)17-10-23-18-4-5-19(24-26(17)18)25-11-14(22)9-16(25)12-6-13(21)8-15(7-12)29-2/h4-8,10,14,16H,3,9,11H2,1-2H3/t14-,16+/m0/s1. The number of anilines is 1. The van der Waals surface area contributed by atoms with Crippen LogP contribution in [0.5, 0.6) is 0 Å². The summed E-state index contributed by atoms with van der Waals surface area (Å²) in [5.41, 5.74) is 1.39. The van der Waals surface area contributed by atoms with Crippen LogP contribution >= 0.6 is 11.8 Å². The molecule has 1 aliphatic rings. The molecule has 0 radical (unpaired) electrons. The van der Waals surface area contributed by atoms with Crippen LogP contribution in [0.1, 0.15) is 35.4 Å². The molecule has 3 aromatic rings. The third-order valence-electron chi connectivity index (χ3n) is 4.89. The van der Waals surface area contributed by atoms with E-state index in [4.69, 9.17) is 4.74 Å². The van der Waals surface area contributed by atoms with Crippen molar-refractivity contribution >= 4 is 29.2 Å². The summed E-state index contributed by atoms with van der Waals surface area (Å²) in [7, 11) is 0. The summed E-state index contributed by atoms with van der Waals surface area (Å²) < 4.78 is 34.9. The second-order valence-electron chi connectivity index (χ2n) is 6.75. The number of fused-ring (bicyclic) bond motifs is 1. The highest BCUT2D eigenvalue weighted by Crippen LogP contribution is 2.38. The zero-order chi connectivity index (χ0) is 20.5. The normalized spacial score (nSPS) is 19.1. The molecule has 1 fully saturated rings. The van der Waals surface area contributed by atoms with Gasteiger partial charge in [-0.25, -0.2) is 23.1 Å². The van der Waals surface area contributed by atoms with Gasteiger partial charge in [-0.2, -0.15) is 0 Å². The lowest BCUT2D eigenvalue weighted by atomic mass is 10.0. The number of rotatable bonds is 5. The van der Waals surface area contributed by atoms with Crippen molar-refractivity contribution in [2.45, 2.75) is 30.5 Å². The molecule has 0 unspecified atom stereocenters. The van der Waals surface area contributed by atoms with Crippen LogP contribution in [0.4, 0.5) is 14.6 Å². The quantitative estimate of drug-likeness (QED) is 0.460. The van der Waals surface area contributed by atoms with Gasteiger partial charge in [-0.1, -0.05) is 0 Å². The van der Waals surface area contributed by atoms with Gasteiger partial charge in [-0.05, 0) is 49.1 Å². The Kier molecular flexibility index (Phi) is 5.40. The zero-order valence-electron chi connectivity index (χ0n) is 16.0. The molecule has 0 N–H and O–H groups in total. The molecule has 1 saturated heterocycles. The molecule has 3 heterocycles. The van der Waals surface area contributed by atoms with Crippen molar-refractivity contribution in [2.75, 3.05) is 24.3 Å². The average Bonchev–Trinajstić information content (AvgIpc) is 3.30. The van der Waals surface area contributed by atoms with Gasteiger partial charge >= 0.3 is 5.97 Å². The summed E-state index contributed by atoms with van der Waals surface area (Å²) in [6.07, 6.45) is 2.45. The zero-order valence-corrected chi connectivity index (χ0v) is 16.8. The van der Waals surface area contributed by atoms with Gasteiger partial charge in [0.15, 0.2) is 11.3 Å². The van der Waals surface area contributed by atoms with Crippen molar-refractivity contribution in [3.05, 3.63) is 53.6 Å². The summed E-state index contributed by atoms with van der Waals surface area (Å²) in [4.78, 5) is 18.9. The molecule has 0 aliphatic carbocycles. The fourth-order valence-corrected chi connectivity index (χ4v) is 4.09. The van der Waals surface area contributed by atoms with Crippen molar-refractivity contribution in [3.63, 3.8) is 0 Å². The highest BCUT2D eigenvalue weighted by atomic mass is 32.2. The van der Waals surface area contributed by atoms with Crippen LogP contribution in [-0.2, 0) is 4.74 Å². The minimum absolute atomic E-state index is 0.137. The molecule has 152 valence electrons. The summed E-state index contributed by atoms with van der Waals surface area (Å²) >= 11 is 1.43. The van der Waals surface area contributed by atoms with Crippen LogP contribution in [0.15, 0.2) is 41.4 Å². The molecule has 29 heavy (non-hydrogen) atoms. The SMILES string of the molecule is CCOC(=O)c1cnc2ccc(N3C[C@@H](F)C[C@@H]3c3cc(F)cc(SC)c3)nn12. The molecular formula is C20H20F2N4O2S. The van der Waals surface area contributed by atoms with Crippen LogP contribution in [0.3, 0.4) is 0 Å². The van der Waals surface area contributed by atoms with Crippen molar-refractivity contribution in [1.29, 1.82) is 0 Å². The number of hydrogen-bond donors (Lipinski definition) is 0. The van der Waals surface area contributed by atoms with Crippen molar-refractivity contribution in [2.24, 2.45) is 0 Å². The molecule has 0 saturated carbocycles. The molecule has 2 aromatic heterocycles. The topological polar surface area (TPSA) is 59.7 Å². The Balaban J connectivity index is 1.74. The van der Waals surface area contributed by atoms with Gasteiger partial charge in [0.2, 0.25) is 0 Å². The van der Waals surface area contributed by atoms with Gasteiger partial charge in [-0.3, -0.25) is 0 Å². The third-order valence-corrected chi connectivity index (χ3v) is 5.60. The first-order chi connectivity index (χ1) is 14.0. The molecule has 4 rings (SSSR count). The average molecular weight is 418 g/mol. The second kappa shape index (κ2) is 7.98. The molecule has 0 bridgehead atoms. The number of esters is 1. The molecule has 9 heteroatoms. The molecule has 6 nitrogen and oxygen atoms in total. The summed E-state index contributed by atoms with van der Waals surface area (Å²) in [6.45, 7) is 2.09. The summed E-state index contributed by atoms with van der Waals surface area (Å²) in [5, 5.41) is 4.51. The number of benzene rings is 1. The van der Waals surface area contributed by atoms with E-state index in [-0.39, 0.29) is 37.1 Å². The van der Waals surface area contributed by atoms with Crippen molar-refractivity contribution in [1.82, 2.24) is 14.6 Å². The number of carbonyl (C=O) groups excluding carboxylic acids is 1. The Morgan fingerprint density at radius 3 is 2.93 bits per heavy atom. The highest BCUT2D eigenvalue weighted by molar-refractivity contribution is 7.98. The Morgan fingerprint density at radius 1 is 1.34 bits per heavy atom. The van der Waals surface area contributed by atoms with E-state index in [2.05, 4.69) is 10.1 Å². The highest BCUT2D eigenvalue weighted by Gasteiger charge is 2.35. The van der Waals surface area contributed by atoms with E-state index < -0.39 is 12.1 Å². The predicted octanol–water partition coefficient (Wildman–Crippen LogP) is 4.06. The number of ether oxygens (including phenoxy) is 1. The minimum atomic E-state index is -1.06. The van der Waals surface area contributed by atoms with E-state index in [1.165, 1.54) is 34.6 Å². The van der Waals surface area contributed by atoms with E-state index in [0.717, 1.165) is 4.90 Å². The lowest BCUT2D eigenvalue weighted by molar-refractivity contribution is 0.0516. The predicted molar refractivity (Wildman–Crippen MR) is 107 cm³/mol. The lowest BCUT2D eigenvalue weighted by Crippen LogP contribution is -2.25. The molecule has 0 spiro atoms. The van der Waals surface area contributed by atoms with Gasteiger partial charge < -0.3 is 9.64 Å². The van der Waals surface area contributed by atoms with Crippen LogP contribution in [0, 0.1) is 5.82 Å². The second-order valence-corrected chi connectivity index (χ2v) is 7.63. The number of alkyl halides is 1. The number of aromatic nitrogens is 3. The first kappa shape index (κ1) is 19.6. The molecule has 0 amide bonds. The van der Waals surface area contributed by atoms with Gasteiger partial charge in [0.1, 0.15) is 17.8 Å². The van der Waals surface area contributed by atoms with Crippen LogP contribution in [0.25, 0.3) is 5.65 Å². The largest absolute Gasteiger partial charge is 0.461 e. The maximum Gasteiger partial charge on any atom is 0.358 e. The van der Waals surface area contributed by atoms with Gasteiger partial charge in [-0.15, -0.1) is 16.9 Å². The Hall–Kier alpha value is -2.68. The van der Waals surface area contributed by atoms with Gasteiger partial charge in [0, 0.05) is 11.3 Å². The van der Waals surface area contributed by atoms with Gasteiger partial charge in [0.05, 0.1) is 25.4 Å². The summed E-state index contributed by atoms with van der Waals surface area (Å²) in [5.74, 6) is -0.390. The summed E-state index contributed by atoms with van der Waals surface area (Å²) in [6, 6.07) is 7.87. The minimum Gasteiger partial charge on any atom is -0.461 e. The molecular weight excluding hydrogens is 398 g/mol. The molecule has 1 aromatic carbocycles. The van der Waals surface area contributed by atoms with Crippen LogP contribution in [-0.4, -0.2) is 46.1 Å². The van der Waals surface area contributed by atoms with Crippen LogP contribution < -0.4 is 4.90 Å². The lowest BCUT2D eigenvalue weighted by Gasteiger charge is -2.26.